The molecular weight excluding hydrogens is 540 g/mol. The minimum atomic E-state index is -0.673. The van der Waals surface area contributed by atoms with Gasteiger partial charge >= 0.3 is 5.97 Å². The molecule has 4 aromatic rings. The van der Waals surface area contributed by atoms with E-state index in [2.05, 4.69) is 5.32 Å². The second-order valence-corrected chi connectivity index (χ2v) is 10.6. The van der Waals surface area contributed by atoms with E-state index in [0.717, 1.165) is 22.4 Å². The molecule has 0 radical (unpaired) electrons. The van der Waals surface area contributed by atoms with E-state index in [4.69, 9.17) is 9.73 Å². The molecule has 1 N–H and O–H groups in total. The number of carbonyl (C=O) groups excluding carboxylic acids is 3. The van der Waals surface area contributed by atoms with Crippen LogP contribution in [0.4, 0.5) is 17.1 Å². The third-order valence-electron chi connectivity index (χ3n) is 7.33. The zero-order chi connectivity index (χ0) is 30.3. The number of fused-ring (bicyclic) bond motifs is 1. The fraction of sp³-hybridized carbons (Fsp3) is 0.200. The summed E-state index contributed by atoms with van der Waals surface area (Å²) in [5.74, 6) is -1.36. The summed E-state index contributed by atoms with van der Waals surface area (Å²) in [4.78, 5) is 47.6. The van der Waals surface area contributed by atoms with Crippen molar-refractivity contribution in [1.29, 1.82) is 0 Å². The molecule has 8 nitrogen and oxygen atoms in total. The van der Waals surface area contributed by atoms with Gasteiger partial charge in [0.25, 0.3) is 0 Å². The van der Waals surface area contributed by atoms with Crippen molar-refractivity contribution in [2.45, 2.75) is 12.3 Å². The van der Waals surface area contributed by atoms with E-state index in [1.807, 2.05) is 104 Å². The van der Waals surface area contributed by atoms with Crippen LogP contribution >= 0.6 is 0 Å². The Morgan fingerprint density at radius 1 is 0.837 bits per heavy atom. The molecule has 0 saturated heterocycles. The van der Waals surface area contributed by atoms with Gasteiger partial charge in [0, 0.05) is 24.5 Å². The summed E-state index contributed by atoms with van der Waals surface area (Å²) in [6.07, 6.45) is 0.306. The number of esters is 1. The lowest BCUT2D eigenvalue weighted by Gasteiger charge is -2.25. The minimum Gasteiger partial charge on any atom is -0.465 e. The Labute approximate surface area is 251 Å². The Balaban J connectivity index is 1.48. The van der Waals surface area contributed by atoms with Crippen LogP contribution in [-0.4, -0.2) is 62.7 Å². The van der Waals surface area contributed by atoms with E-state index in [-0.39, 0.29) is 11.8 Å². The molecule has 0 aliphatic carbocycles. The highest BCUT2D eigenvalue weighted by Crippen LogP contribution is 2.37. The molecule has 0 saturated carbocycles. The van der Waals surface area contributed by atoms with Crippen molar-refractivity contribution in [1.82, 2.24) is 4.90 Å². The molecule has 0 bridgehead atoms. The number of methoxy groups -OCH3 is 1. The van der Waals surface area contributed by atoms with Gasteiger partial charge in [0.15, 0.2) is 0 Å². The number of nitrogens with one attached hydrogen (secondary N) is 1. The molecule has 218 valence electrons. The van der Waals surface area contributed by atoms with Gasteiger partial charge in [0.2, 0.25) is 11.8 Å². The van der Waals surface area contributed by atoms with E-state index in [1.165, 1.54) is 7.11 Å². The Morgan fingerprint density at radius 3 is 2.16 bits per heavy atom. The maximum atomic E-state index is 13.4. The zero-order valence-corrected chi connectivity index (χ0v) is 24.5. The Kier molecular flexibility index (Phi) is 9.08. The average Bonchev–Trinajstić information content (AvgIpc) is 3.35. The number of ether oxygens (including phenoxy) is 1. The van der Waals surface area contributed by atoms with Gasteiger partial charge in [-0.2, -0.15) is 0 Å². The first-order valence-electron chi connectivity index (χ1n) is 14.1. The van der Waals surface area contributed by atoms with E-state index in [9.17, 15) is 14.4 Å². The number of nitrogens with zero attached hydrogens (tertiary/aromatic N) is 3. The SMILES string of the molecule is COC(=O)c1ccc2c(c1)NC(=O)C2C(=Nc1ccc(N(CCN(C)C)C(=O)Cc2ccccc2)cc1)c1ccccc1. The third-order valence-corrected chi connectivity index (χ3v) is 7.33. The van der Waals surface area contributed by atoms with Gasteiger partial charge in [-0.3, -0.25) is 14.6 Å². The summed E-state index contributed by atoms with van der Waals surface area (Å²) < 4.78 is 4.84. The van der Waals surface area contributed by atoms with Crippen LogP contribution in [0.25, 0.3) is 0 Å². The first-order valence-corrected chi connectivity index (χ1v) is 14.1. The van der Waals surface area contributed by atoms with Gasteiger partial charge in [-0.05, 0) is 67.2 Å². The number of anilines is 2. The highest BCUT2D eigenvalue weighted by atomic mass is 16.5. The number of rotatable bonds is 10. The second kappa shape index (κ2) is 13.3. The smallest absolute Gasteiger partial charge is 0.337 e. The lowest BCUT2D eigenvalue weighted by molar-refractivity contribution is -0.118. The number of aliphatic imine (C=N–C) groups is 1. The van der Waals surface area contributed by atoms with Crippen molar-refractivity contribution in [2.24, 2.45) is 4.99 Å². The highest BCUT2D eigenvalue weighted by Gasteiger charge is 2.36. The molecule has 1 aliphatic rings. The van der Waals surface area contributed by atoms with Gasteiger partial charge in [0.05, 0.1) is 30.5 Å². The predicted molar refractivity (Wildman–Crippen MR) is 169 cm³/mol. The third kappa shape index (κ3) is 6.88. The van der Waals surface area contributed by atoms with E-state index >= 15 is 0 Å². The molecular formula is C35H34N4O4. The van der Waals surface area contributed by atoms with Crippen LogP contribution in [0.3, 0.4) is 0 Å². The summed E-state index contributed by atoms with van der Waals surface area (Å²) in [5, 5.41) is 2.91. The van der Waals surface area contributed by atoms with Crippen LogP contribution in [0.1, 0.15) is 33.0 Å². The summed E-state index contributed by atoms with van der Waals surface area (Å²) in [6.45, 7) is 1.26. The lowest BCUT2D eigenvalue weighted by atomic mass is 9.90. The molecule has 0 aromatic heterocycles. The standard InChI is InChI=1S/C35H34N4O4/c1-38(2)20-21-39(31(40)22-24-10-6-4-7-11-24)28-17-15-27(16-18-28)36-33(25-12-8-5-9-13-25)32-29-19-14-26(35(42)43-3)23-30(29)37-34(32)41/h4-19,23,32H,20-22H2,1-3H3,(H,37,41). The van der Waals surface area contributed by atoms with Crippen LogP contribution in [-0.2, 0) is 20.7 Å². The van der Waals surface area contributed by atoms with Gasteiger partial charge in [0.1, 0.15) is 5.92 Å². The number of amides is 2. The number of hydrogen-bond donors (Lipinski definition) is 1. The van der Waals surface area contributed by atoms with E-state index < -0.39 is 11.9 Å². The molecule has 4 aromatic carbocycles. The van der Waals surface area contributed by atoms with Crippen LogP contribution in [0.5, 0.6) is 0 Å². The fourth-order valence-electron chi connectivity index (χ4n) is 5.09. The van der Waals surface area contributed by atoms with Crippen molar-refractivity contribution >= 4 is 40.6 Å². The summed E-state index contributed by atoms with van der Waals surface area (Å²) in [7, 11) is 5.29. The molecule has 5 rings (SSSR count). The van der Waals surface area contributed by atoms with Crippen molar-refractivity contribution in [2.75, 3.05) is 44.5 Å². The molecule has 1 heterocycles. The quantitative estimate of drug-likeness (QED) is 0.200. The van der Waals surface area contributed by atoms with Crippen molar-refractivity contribution in [3.8, 4) is 0 Å². The number of likely N-dealkylation sites (N-methyl/N-ethyl adjacent to an activating group) is 1. The second-order valence-electron chi connectivity index (χ2n) is 10.6. The van der Waals surface area contributed by atoms with Gasteiger partial charge < -0.3 is 19.9 Å². The van der Waals surface area contributed by atoms with E-state index in [1.54, 1.807) is 23.1 Å². The summed E-state index contributed by atoms with van der Waals surface area (Å²) in [5.41, 5.74) is 5.44. The zero-order valence-electron chi connectivity index (χ0n) is 24.5. The largest absolute Gasteiger partial charge is 0.465 e. The maximum absolute atomic E-state index is 13.4. The molecule has 43 heavy (non-hydrogen) atoms. The van der Waals surface area contributed by atoms with Crippen LogP contribution in [0, 0.1) is 0 Å². The molecule has 2 amide bonds. The number of carbonyl (C=O) groups is 3. The lowest BCUT2D eigenvalue weighted by Crippen LogP contribution is -2.37. The van der Waals surface area contributed by atoms with Crippen LogP contribution < -0.4 is 10.2 Å². The number of benzene rings is 4. The first-order chi connectivity index (χ1) is 20.8. The normalized spacial score (nSPS) is 14.3. The average molecular weight is 575 g/mol. The van der Waals surface area contributed by atoms with E-state index in [0.29, 0.717) is 42.2 Å². The molecule has 0 fully saturated rings. The van der Waals surface area contributed by atoms with Gasteiger partial charge in [-0.15, -0.1) is 0 Å². The topological polar surface area (TPSA) is 91.3 Å². The summed E-state index contributed by atoms with van der Waals surface area (Å²) in [6, 6.07) is 31.9. The van der Waals surface area contributed by atoms with Gasteiger partial charge in [-0.1, -0.05) is 66.7 Å². The number of hydrogen-bond acceptors (Lipinski definition) is 6. The van der Waals surface area contributed by atoms with Gasteiger partial charge in [-0.25, -0.2) is 4.79 Å². The molecule has 1 atom stereocenters. The fourth-order valence-corrected chi connectivity index (χ4v) is 5.09. The Bertz CT molecular complexity index is 1630. The molecule has 1 unspecified atom stereocenters. The molecule has 8 heteroatoms. The minimum absolute atomic E-state index is 0.0137. The summed E-state index contributed by atoms with van der Waals surface area (Å²) >= 11 is 0. The monoisotopic (exact) mass is 574 g/mol. The predicted octanol–water partition coefficient (Wildman–Crippen LogP) is 5.47. The van der Waals surface area contributed by atoms with Crippen LogP contribution in [0.15, 0.2) is 108 Å². The molecule has 1 aliphatic heterocycles. The Morgan fingerprint density at radius 2 is 1.51 bits per heavy atom. The van der Waals surface area contributed by atoms with Crippen molar-refractivity contribution in [3.05, 3.63) is 125 Å². The Hall–Kier alpha value is -5.08. The molecule has 0 spiro atoms. The van der Waals surface area contributed by atoms with Crippen molar-refractivity contribution in [3.63, 3.8) is 0 Å². The van der Waals surface area contributed by atoms with Crippen LogP contribution in [0.2, 0.25) is 0 Å². The maximum Gasteiger partial charge on any atom is 0.337 e. The first kappa shape index (κ1) is 29.4. The highest BCUT2D eigenvalue weighted by molar-refractivity contribution is 6.24. The van der Waals surface area contributed by atoms with Crippen molar-refractivity contribution < 1.29 is 19.1 Å².